The normalized spacial score (nSPS) is 20.7. The molecule has 0 bridgehead atoms. The van der Waals surface area contributed by atoms with Gasteiger partial charge in [-0.25, -0.2) is 4.39 Å². The highest BCUT2D eigenvalue weighted by molar-refractivity contribution is 6.39. The maximum absolute atomic E-state index is 13.2. The molecule has 1 saturated carbocycles. The molecular formula is C17H23FN2O3. The van der Waals surface area contributed by atoms with E-state index in [2.05, 4.69) is 17.6 Å². The van der Waals surface area contributed by atoms with Crippen LogP contribution in [-0.4, -0.2) is 24.5 Å². The van der Waals surface area contributed by atoms with E-state index in [-0.39, 0.29) is 17.5 Å². The van der Waals surface area contributed by atoms with Crippen molar-refractivity contribution in [1.29, 1.82) is 0 Å². The summed E-state index contributed by atoms with van der Waals surface area (Å²) < 4.78 is 18.5. The molecule has 1 aromatic rings. The zero-order valence-electron chi connectivity index (χ0n) is 13.5. The summed E-state index contributed by atoms with van der Waals surface area (Å²) in [7, 11) is 0. The summed E-state index contributed by atoms with van der Waals surface area (Å²) in [6, 6.07) is 3.81. The van der Waals surface area contributed by atoms with Crippen molar-refractivity contribution in [3.63, 3.8) is 0 Å². The van der Waals surface area contributed by atoms with E-state index in [0.29, 0.717) is 12.5 Å². The summed E-state index contributed by atoms with van der Waals surface area (Å²) in [6.45, 7) is 4.23. The van der Waals surface area contributed by atoms with Crippen LogP contribution in [0, 0.1) is 11.7 Å². The first-order chi connectivity index (χ1) is 11.0. The minimum Gasteiger partial charge on any atom is -0.492 e. The molecule has 1 aliphatic rings. The Morgan fingerprint density at radius 2 is 2.09 bits per heavy atom. The lowest BCUT2D eigenvalue weighted by Crippen LogP contribution is -2.43. The van der Waals surface area contributed by atoms with Crippen molar-refractivity contribution in [2.45, 2.75) is 45.6 Å². The van der Waals surface area contributed by atoms with Crippen LogP contribution in [0.5, 0.6) is 5.75 Å². The Hall–Kier alpha value is -2.11. The Balaban J connectivity index is 1.97. The van der Waals surface area contributed by atoms with Gasteiger partial charge in [-0.1, -0.05) is 19.8 Å². The van der Waals surface area contributed by atoms with Gasteiger partial charge in [-0.3, -0.25) is 9.59 Å². The third-order valence-corrected chi connectivity index (χ3v) is 3.97. The van der Waals surface area contributed by atoms with E-state index in [1.165, 1.54) is 18.2 Å². The first-order valence-corrected chi connectivity index (χ1v) is 8.03. The van der Waals surface area contributed by atoms with Crippen LogP contribution in [0.25, 0.3) is 0 Å². The summed E-state index contributed by atoms with van der Waals surface area (Å²) in [5, 5.41) is 5.25. The fourth-order valence-electron chi connectivity index (χ4n) is 2.87. The van der Waals surface area contributed by atoms with Gasteiger partial charge >= 0.3 is 11.8 Å². The third kappa shape index (κ3) is 4.94. The van der Waals surface area contributed by atoms with Gasteiger partial charge in [-0.05, 0) is 37.8 Å². The maximum Gasteiger partial charge on any atom is 0.313 e. The number of carbonyl (C=O) groups excluding carboxylic acids is 2. The van der Waals surface area contributed by atoms with Gasteiger partial charge in [-0.2, -0.15) is 0 Å². The third-order valence-electron chi connectivity index (χ3n) is 3.97. The van der Waals surface area contributed by atoms with Crippen LogP contribution in [0.15, 0.2) is 18.2 Å². The predicted octanol–water partition coefficient (Wildman–Crippen LogP) is 2.86. The average molecular weight is 322 g/mol. The van der Waals surface area contributed by atoms with Crippen molar-refractivity contribution in [2.75, 3.05) is 11.9 Å². The average Bonchev–Trinajstić information content (AvgIpc) is 2.50. The molecule has 0 aromatic heterocycles. The minimum absolute atomic E-state index is 0.0385. The molecule has 2 atom stereocenters. The fraction of sp³-hybridized carbons (Fsp3) is 0.529. The molecule has 0 aliphatic heterocycles. The molecule has 2 rings (SSSR count). The van der Waals surface area contributed by atoms with Gasteiger partial charge in [-0.15, -0.1) is 0 Å². The molecular weight excluding hydrogens is 299 g/mol. The lowest BCUT2D eigenvalue weighted by Gasteiger charge is -2.27. The molecule has 0 saturated heterocycles. The van der Waals surface area contributed by atoms with E-state index in [1.54, 1.807) is 6.92 Å². The van der Waals surface area contributed by atoms with E-state index >= 15 is 0 Å². The van der Waals surface area contributed by atoms with Crippen molar-refractivity contribution in [3.05, 3.63) is 24.0 Å². The summed E-state index contributed by atoms with van der Waals surface area (Å²) in [4.78, 5) is 24.1. The Bertz CT molecular complexity index is 577. The zero-order valence-corrected chi connectivity index (χ0v) is 13.5. The van der Waals surface area contributed by atoms with Gasteiger partial charge in [0, 0.05) is 12.1 Å². The van der Waals surface area contributed by atoms with E-state index < -0.39 is 17.6 Å². The molecule has 0 radical (unpaired) electrons. The number of rotatable bonds is 4. The second-order valence-corrected chi connectivity index (χ2v) is 5.97. The second kappa shape index (κ2) is 7.94. The largest absolute Gasteiger partial charge is 0.492 e. The summed E-state index contributed by atoms with van der Waals surface area (Å²) in [5.74, 6) is -1.14. The van der Waals surface area contributed by atoms with Crippen molar-refractivity contribution in [3.8, 4) is 5.75 Å². The Labute approximate surface area is 135 Å². The lowest BCUT2D eigenvalue weighted by molar-refractivity contribution is -0.136. The zero-order chi connectivity index (χ0) is 16.8. The number of carbonyl (C=O) groups is 2. The monoisotopic (exact) mass is 322 g/mol. The molecule has 0 heterocycles. The van der Waals surface area contributed by atoms with Crippen LogP contribution >= 0.6 is 0 Å². The Morgan fingerprint density at radius 1 is 1.30 bits per heavy atom. The van der Waals surface area contributed by atoms with Crippen LogP contribution in [0.3, 0.4) is 0 Å². The summed E-state index contributed by atoms with van der Waals surface area (Å²) in [5.41, 5.74) is 0.283. The predicted molar refractivity (Wildman–Crippen MR) is 85.8 cm³/mol. The first kappa shape index (κ1) is 17.2. The number of hydrogen-bond donors (Lipinski definition) is 2. The van der Waals surface area contributed by atoms with Crippen LogP contribution in [-0.2, 0) is 9.59 Å². The molecule has 5 nitrogen and oxygen atoms in total. The molecule has 1 fully saturated rings. The Kier molecular flexibility index (Phi) is 5.96. The van der Waals surface area contributed by atoms with Gasteiger partial charge in [0.2, 0.25) is 0 Å². The molecule has 2 amide bonds. The molecule has 1 aliphatic carbocycles. The van der Waals surface area contributed by atoms with Crippen molar-refractivity contribution < 1.29 is 18.7 Å². The SMILES string of the molecule is CCOc1cc(F)ccc1NC(=O)C(=O)NC1CCCC(C)C1. The highest BCUT2D eigenvalue weighted by Crippen LogP contribution is 2.26. The van der Waals surface area contributed by atoms with Gasteiger partial charge in [0.25, 0.3) is 0 Å². The number of halogens is 1. The number of ether oxygens (including phenoxy) is 1. The standard InChI is InChI=1S/C17H23FN2O3/c1-3-23-15-10-12(18)7-8-14(15)20-17(22)16(21)19-13-6-4-5-11(2)9-13/h7-8,10-11,13H,3-6,9H2,1-2H3,(H,19,21)(H,20,22). The first-order valence-electron chi connectivity index (χ1n) is 8.03. The van der Waals surface area contributed by atoms with Crippen molar-refractivity contribution in [1.82, 2.24) is 5.32 Å². The highest BCUT2D eigenvalue weighted by atomic mass is 19.1. The Morgan fingerprint density at radius 3 is 2.78 bits per heavy atom. The quantitative estimate of drug-likeness (QED) is 0.838. The second-order valence-electron chi connectivity index (χ2n) is 5.97. The van der Waals surface area contributed by atoms with Gasteiger partial charge in [0.15, 0.2) is 0 Å². The summed E-state index contributed by atoms with van der Waals surface area (Å²) in [6.07, 6.45) is 4.00. The molecule has 23 heavy (non-hydrogen) atoms. The van der Waals surface area contributed by atoms with Crippen LogP contribution in [0.4, 0.5) is 10.1 Å². The van der Waals surface area contributed by atoms with Gasteiger partial charge in [0.05, 0.1) is 12.3 Å². The molecule has 2 unspecified atom stereocenters. The number of benzene rings is 1. The number of nitrogens with one attached hydrogen (secondary N) is 2. The molecule has 1 aromatic carbocycles. The number of anilines is 1. The maximum atomic E-state index is 13.2. The van der Waals surface area contributed by atoms with Crippen molar-refractivity contribution in [2.24, 2.45) is 5.92 Å². The van der Waals surface area contributed by atoms with Crippen LogP contribution < -0.4 is 15.4 Å². The van der Waals surface area contributed by atoms with E-state index in [1.807, 2.05) is 0 Å². The number of hydrogen-bond acceptors (Lipinski definition) is 3. The van der Waals surface area contributed by atoms with Crippen molar-refractivity contribution >= 4 is 17.5 Å². The molecule has 2 N–H and O–H groups in total. The fourth-order valence-corrected chi connectivity index (χ4v) is 2.87. The van der Waals surface area contributed by atoms with Gasteiger partial charge < -0.3 is 15.4 Å². The smallest absolute Gasteiger partial charge is 0.313 e. The number of amides is 2. The summed E-state index contributed by atoms with van der Waals surface area (Å²) >= 11 is 0. The molecule has 126 valence electrons. The topological polar surface area (TPSA) is 67.4 Å². The van der Waals surface area contributed by atoms with Gasteiger partial charge in [0.1, 0.15) is 11.6 Å². The lowest BCUT2D eigenvalue weighted by atomic mass is 9.87. The van der Waals surface area contributed by atoms with Crippen LogP contribution in [0.2, 0.25) is 0 Å². The highest BCUT2D eigenvalue weighted by Gasteiger charge is 2.24. The van der Waals surface area contributed by atoms with Crippen LogP contribution in [0.1, 0.15) is 39.5 Å². The molecule has 6 heteroatoms. The van der Waals surface area contributed by atoms with E-state index in [0.717, 1.165) is 25.7 Å². The van der Waals surface area contributed by atoms with E-state index in [4.69, 9.17) is 4.74 Å². The molecule has 0 spiro atoms. The minimum atomic E-state index is -0.768. The van der Waals surface area contributed by atoms with E-state index in [9.17, 15) is 14.0 Å².